The summed E-state index contributed by atoms with van der Waals surface area (Å²) in [4.78, 5) is 10.1. The predicted molar refractivity (Wildman–Crippen MR) is 122 cm³/mol. The Morgan fingerprint density at radius 2 is 1.24 bits per heavy atom. The first-order chi connectivity index (χ1) is 14.2. The largest absolute Gasteiger partial charge is 0.497 e. The van der Waals surface area contributed by atoms with Crippen LogP contribution in [0.25, 0.3) is 0 Å². The number of hydrogen-bond donors (Lipinski definition) is 0. The fraction of sp³-hybridized carbons (Fsp3) is 0.478. The second-order valence-electron chi connectivity index (χ2n) is 7.84. The number of methoxy groups -OCH3 is 1. The Hall–Kier alpha value is -1.95. The van der Waals surface area contributed by atoms with Crippen LogP contribution in [0.2, 0.25) is 5.02 Å². The predicted octanol–water partition coefficient (Wildman–Crippen LogP) is 3.29. The van der Waals surface area contributed by atoms with Crippen molar-refractivity contribution in [1.29, 1.82) is 0 Å². The van der Waals surface area contributed by atoms with Crippen LogP contribution < -0.4 is 14.5 Å². The minimum atomic E-state index is 0.818. The van der Waals surface area contributed by atoms with E-state index in [9.17, 15) is 0 Å². The average molecular weight is 415 g/mol. The number of benzene rings is 2. The molecule has 2 aliphatic heterocycles. The van der Waals surface area contributed by atoms with Gasteiger partial charge in [-0.05, 0) is 30.3 Å². The van der Waals surface area contributed by atoms with Crippen LogP contribution in [-0.4, -0.2) is 82.4 Å². The Bertz CT molecular complexity index is 786. The number of rotatable bonds is 6. The molecule has 2 aromatic rings. The van der Waals surface area contributed by atoms with Gasteiger partial charge in [0.25, 0.3) is 0 Å². The molecule has 29 heavy (non-hydrogen) atoms. The summed E-state index contributed by atoms with van der Waals surface area (Å²) in [6, 6.07) is 16.6. The topological polar surface area (TPSA) is 22.2 Å². The fourth-order valence-corrected chi connectivity index (χ4v) is 4.41. The maximum absolute atomic E-state index is 6.14. The highest BCUT2D eigenvalue weighted by Crippen LogP contribution is 2.23. The normalized spacial score (nSPS) is 18.8. The van der Waals surface area contributed by atoms with Crippen molar-refractivity contribution in [3.63, 3.8) is 0 Å². The van der Waals surface area contributed by atoms with Crippen LogP contribution >= 0.6 is 11.6 Å². The van der Waals surface area contributed by atoms with Crippen LogP contribution in [0.3, 0.4) is 0 Å². The first-order valence-electron chi connectivity index (χ1n) is 10.6. The van der Waals surface area contributed by atoms with Gasteiger partial charge in [-0.25, -0.2) is 0 Å². The molecular formula is C23H31ClN4O. The van der Waals surface area contributed by atoms with Crippen molar-refractivity contribution in [2.24, 2.45) is 0 Å². The van der Waals surface area contributed by atoms with E-state index < -0.39 is 0 Å². The summed E-state index contributed by atoms with van der Waals surface area (Å²) in [6.45, 7) is 11.1. The van der Waals surface area contributed by atoms with Gasteiger partial charge in [0.15, 0.2) is 0 Å². The molecular weight excluding hydrogens is 384 g/mol. The maximum Gasteiger partial charge on any atom is 0.120 e. The maximum atomic E-state index is 6.14. The molecule has 0 amide bonds. The van der Waals surface area contributed by atoms with E-state index in [2.05, 4.69) is 49.9 Å². The van der Waals surface area contributed by atoms with Crippen molar-refractivity contribution >= 4 is 23.0 Å². The molecule has 0 spiro atoms. The zero-order valence-corrected chi connectivity index (χ0v) is 18.0. The summed E-state index contributed by atoms with van der Waals surface area (Å²) < 4.78 is 5.36. The van der Waals surface area contributed by atoms with Crippen molar-refractivity contribution in [2.45, 2.75) is 0 Å². The molecule has 6 heteroatoms. The van der Waals surface area contributed by atoms with Crippen LogP contribution in [0.15, 0.2) is 48.5 Å². The zero-order chi connectivity index (χ0) is 20.1. The molecule has 5 nitrogen and oxygen atoms in total. The van der Waals surface area contributed by atoms with Crippen LogP contribution in [-0.2, 0) is 0 Å². The first-order valence-corrected chi connectivity index (χ1v) is 10.9. The lowest BCUT2D eigenvalue weighted by Gasteiger charge is -2.39. The van der Waals surface area contributed by atoms with E-state index in [0.717, 1.165) is 76.2 Å². The van der Waals surface area contributed by atoms with Gasteiger partial charge < -0.3 is 14.5 Å². The van der Waals surface area contributed by atoms with Gasteiger partial charge in [-0.15, -0.1) is 0 Å². The number of ether oxygens (including phenoxy) is 1. The lowest BCUT2D eigenvalue weighted by molar-refractivity contribution is 0.190. The first kappa shape index (κ1) is 20.3. The number of anilines is 2. The van der Waals surface area contributed by atoms with E-state index >= 15 is 0 Å². The molecule has 4 rings (SSSR count). The van der Waals surface area contributed by atoms with E-state index in [1.807, 2.05) is 18.2 Å². The molecule has 0 N–H and O–H groups in total. The van der Waals surface area contributed by atoms with Gasteiger partial charge in [0.05, 0.1) is 7.11 Å². The number of hydrogen-bond acceptors (Lipinski definition) is 5. The van der Waals surface area contributed by atoms with Gasteiger partial charge in [-0.2, -0.15) is 0 Å². The smallest absolute Gasteiger partial charge is 0.120 e. The molecule has 0 radical (unpaired) electrons. The van der Waals surface area contributed by atoms with Gasteiger partial charge in [0.1, 0.15) is 5.75 Å². The third-order valence-electron chi connectivity index (χ3n) is 6.07. The summed E-state index contributed by atoms with van der Waals surface area (Å²) in [5, 5.41) is 0.818. The van der Waals surface area contributed by atoms with E-state index in [1.54, 1.807) is 7.11 Å². The van der Waals surface area contributed by atoms with E-state index in [0.29, 0.717) is 0 Å². The minimum Gasteiger partial charge on any atom is -0.497 e. The summed E-state index contributed by atoms with van der Waals surface area (Å²) in [6.07, 6.45) is 0. The molecule has 2 aliphatic rings. The molecule has 0 atom stereocenters. The van der Waals surface area contributed by atoms with Crippen molar-refractivity contribution < 1.29 is 4.74 Å². The molecule has 2 heterocycles. The molecule has 0 unspecified atom stereocenters. The van der Waals surface area contributed by atoms with Crippen molar-refractivity contribution in [3.8, 4) is 5.75 Å². The van der Waals surface area contributed by atoms with E-state index in [4.69, 9.17) is 16.3 Å². The summed E-state index contributed by atoms with van der Waals surface area (Å²) in [5.74, 6) is 0.932. The third-order valence-corrected chi connectivity index (χ3v) is 6.30. The Labute approximate surface area is 179 Å². The zero-order valence-electron chi connectivity index (χ0n) is 17.3. The van der Waals surface area contributed by atoms with Crippen LogP contribution in [0.5, 0.6) is 5.75 Å². The molecule has 156 valence electrons. The van der Waals surface area contributed by atoms with Crippen LogP contribution in [0, 0.1) is 0 Å². The van der Waals surface area contributed by atoms with Gasteiger partial charge in [0, 0.05) is 87.9 Å². The minimum absolute atomic E-state index is 0.818. The molecule has 2 fully saturated rings. The van der Waals surface area contributed by atoms with Gasteiger partial charge in [-0.3, -0.25) is 9.80 Å². The molecule has 2 saturated heterocycles. The Morgan fingerprint density at radius 3 is 1.76 bits per heavy atom. The summed E-state index contributed by atoms with van der Waals surface area (Å²) in [5.41, 5.74) is 2.51. The van der Waals surface area contributed by atoms with Gasteiger partial charge >= 0.3 is 0 Å². The van der Waals surface area contributed by atoms with Crippen LogP contribution in [0.1, 0.15) is 0 Å². The highest BCUT2D eigenvalue weighted by molar-refractivity contribution is 6.30. The third kappa shape index (κ3) is 5.35. The van der Waals surface area contributed by atoms with E-state index in [-0.39, 0.29) is 0 Å². The number of nitrogens with zero attached hydrogens (tertiary/aromatic N) is 4. The molecule has 0 aromatic heterocycles. The molecule has 2 aromatic carbocycles. The average Bonchev–Trinajstić information content (AvgIpc) is 2.78. The highest BCUT2D eigenvalue weighted by Gasteiger charge is 2.20. The summed E-state index contributed by atoms with van der Waals surface area (Å²) >= 11 is 6.14. The highest BCUT2D eigenvalue weighted by atomic mass is 35.5. The number of halogens is 1. The second-order valence-corrected chi connectivity index (χ2v) is 8.28. The summed E-state index contributed by atoms with van der Waals surface area (Å²) in [7, 11) is 1.73. The SMILES string of the molecule is COc1cccc(N2CCN(CCN3CCN(c4cccc(Cl)c4)CC3)CC2)c1. The fourth-order valence-electron chi connectivity index (χ4n) is 4.22. The van der Waals surface area contributed by atoms with Gasteiger partial charge in [0.2, 0.25) is 0 Å². The monoisotopic (exact) mass is 414 g/mol. The van der Waals surface area contributed by atoms with Crippen molar-refractivity contribution in [3.05, 3.63) is 53.6 Å². The second kappa shape index (κ2) is 9.70. The quantitative estimate of drug-likeness (QED) is 0.721. The van der Waals surface area contributed by atoms with Gasteiger partial charge in [-0.1, -0.05) is 23.7 Å². The Morgan fingerprint density at radius 1 is 0.724 bits per heavy atom. The lowest BCUT2D eigenvalue weighted by atomic mass is 10.2. The van der Waals surface area contributed by atoms with Crippen molar-refractivity contribution in [2.75, 3.05) is 82.4 Å². The Kier molecular flexibility index (Phi) is 6.80. The molecule has 0 aliphatic carbocycles. The molecule has 0 bridgehead atoms. The molecule has 0 saturated carbocycles. The van der Waals surface area contributed by atoms with Crippen molar-refractivity contribution in [1.82, 2.24) is 9.80 Å². The standard InChI is InChI=1S/C23H31ClN4O/c1-29-23-7-3-6-22(19-23)28-16-12-26(13-17-28)9-8-25-10-14-27(15-11-25)21-5-2-4-20(24)18-21/h2-7,18-19H,8-17H2,1H3. The van der Waals surface area contributed by atoms with Crippen LogP contribution in [0.4, 0.5) is 11.4 Å². The number of piperazine rings is 2. The van der Waals surface area contributed by atoms with E-state index in [1.165, 1.54) is 11.4 Å². The lowest BCUT2D eigenvalue weighted by Crippen LogP contribution is -2.51. The Balaban J connectivity index is 1.18.